The summed E-state index contributed by atoms with van der Waals surface area (Å²) >= 11 is 0. The highest BCUT2D eigenvalue weighted by Gasteiger charge is 2.30. The summed E-state index contributed by atoms with van der Waals surface area (Å²) in [6.07, 6.45) is -4.47. The Labute approximate surface area is 155 Å². The predicted octanol–water partition coefficient (Wildman–Crippen LogP) is 3.76. The molecule has 0 unspecified atom stereocenters. The maximum atomic E-state index is 12.7. The molecule has 0 aliphatic heterocycles. The van der Waals surface area contributed by atoms with Gasteiger partial charge in [-0.05, 0) is 30.3 Å². The van der Waals surface area contributed by atoms with Gasteiger partial charge in [-0.3, -0.25) is 4.79 Å². The van der Waals surface area contributed by atoms with Gasteiger partial charge in [0.1, 0.15) is 17.2 Å². The SMILES string of the molecule is COc1ccc(CN(C)C(=O)COc2cccc(C(F)(F)F)c2)c(OC)c1. The van der Waals surface area contributed by atoms with Gasteiger partial charge in [0, 0.05) is 25.2 Å². The minimum absolute atomic E-state index is 0.0198. The van der Waals surface area contributed by atoms with Gasteiger partial charge in [0.15, 0.2) is 6.61 Å². The van der Waals surface area contributed by atoms with Crippen LogP contribution in [0.15, 0.2) is 42.5 Å². The summed E-state index contributed by atoms with van der Waals surface area (Å²) in [4.78, 5) is 13.6. The number of amides is 1. The normalized spacial score (nSPS) is 11.0. The van der Waals surface area contributed by atoms with Crippen molar-refractivity contribution in [1.82, 2.24) is 4.90 Å². The Kier molecular flexibility index (Phi) is 6.55. The van der Waals surface area contributed by atoms with Crippen molar-refractivity contribution in [2.45, 2.75) is 12.7 Å². The lowest BCUT2D eigenvalue weighted by atomic mass is 10.2. The molecule has 0 radical (unpaired) electrons. The minimum atomic E-state index is -4.47. The van der Waals surface area contributed by atoms with Crippen molar-refractivity contribution < 1.29 is 32.2 Å². The molecular formula is C19H20F3NO4. The van der Waals surface area contributed by atoms with Gasteiger partial charge in [-0.2, -0.15) is 13.2 Å². The van der Waals surface area contributed by atoms with Crippen LogP contribution < -0.4 is 14.2 Å². The summed E-state index contributed by atoms with van der Waals surface area (Å²) in [6, 6.07) is 9.62. The largest absolute Gasteiger partial charge is 0.497 e. The van der Waals surface area contributed by atoms with Crippen LogP contribution in [0.3, 0.4) is 0 Å². The lowest BCUT2D eigenvalue weighted by Crippen LogP contribution is -2.31. The van der Waals surface area contributed by atoms with Gasteiger partial charge in [0.2, 0.25) is 0 Å². The Morgan fingerprint density at radius 1 is 1.04 bits per heavy atom. The quantitative estimate of drug-likeness (QED) is 0.731. The molecule has 2 aromatic carbocycles. The Morgan fingerprint density at radius 2 is 1.78 bits per heavy atom. The van der Waals surface area contributed by atoms with Gasteiger partial charge in [-0.15, -0.1) is 0 Å². The van der Waals surface area contributed by atoms with E-state index in [1.54, 1.807) is 25.2 Å². The molecule has 0 N–H and O–H groups in total. The molecule has 0 atom stereocenters. The first kappa shape index (κ1) is 20.4. The number of carbonyl (C=O) groups is 1. The smallest absolute Gasteiger partial charge is 0.416 e. The summed E-state index contributed by atoms with van der Waals surface area (Å²) in [6.45, 7) is -0.131. The Hall–Kier alpha value is -2.90. The van der Waals surface area contributed by atoms with E-state index in [4.69, 9.17) is 14.2 Å². The third-order valence-electron chi connectivity index (χ3n) is 3.85. The van der Waals surface area contributed by atoms with Gasteiger partial charge < -0.3 is 19.1 Å². The maximum absolute atomic E-state index is 12.7. The van der Waals surface area contributed by atoms with Crippen LogP contribution in [-0.2, 0) is 17.5 Å². The molecular weight excluding hydrogens is 363 g/mol. The third-order valence-corrected chi connectivity index (χ3v) is 3.85. The van der Waals surface area contributed by atoms with Crippen molar-refractivity contribution in [1.29, 1.82) is 0 Å². The number of rotatable bonds is 7. The van der Waals surface area contributed by atoms with Crippen molar-refractivity contribution in [3.8, 4) is 17.2 Å². The van der Waals surface area contributed by atoms with E-state index in [1.165, 1.54) is 31.3 Å². The Balaban J connectivity index is 1.98. The first-order chi connectivity index (χ1) is 12.7. The van der Waals surface area contributed by atoms with Crippen LogP contribution in [-0.4, -0.2) is 38.7 Å². The monoisotopic (exact) mass is 383 g/mol. The number of hydrogen-bond acceptors (Lipinski definition) is 4. The van der Waals surface area contributed by atoms with E-state index in [0.717, 1.165) is 17.7 Å². The minimum Gasteiger partial charge on any atom is -0.497 e. The number of nitrogens with zero attached hydrogens (tertiary/aromatic N) is 1. The van der Waals surface area contributed by atoms with Crippen LogP contribution in [0, 0.1) is 0 Å². The average Bonchev–Trinajstić information content (AvgIpc) is 2.65. The molecule has 0 heterocycles. The second-order valence-corrected chi connectivity index (χ2v) is 5.74. The number of ether oxygens (including phenoxy) is 3. The molecule has 27 heavy (non-hydrogen) atoms. The highest BCUT2D eigenvalue weighted by Crippen LogP contribution is 2.31. The average molecular weight is 383 g/mol. The van der Waals surface area contributed by atoms with Crippen LogP contribution in [0.25, 0.3) is 0 Å². The molecule has 0 saturated heterocycles. The summed E-state index contributed by atoms with van der Waals surface area (Å²) in [7, 11) is 4.62. The fourth-order valence-corrected chi connectivity index (χ4v) is 2.34. The fraction of sp³-hybridized carbons (Fsp3) is 0.316. The molecule has 0 spiro atoms. The van der Waals surface area contributed by atoms with E-state index in [2.05, 4.69) is 0 Å². The number of halogens is 3. The van der Waals surface area contributed by atoms with Crippen molar-refractivity contribution in [2.24, 2.45) is 0 Å². The zero-order chi connectivity index (χ0) is 20.0. The highest BCUT2D eigenvalue weighted by atomic mass is 19.4. The van der Waals surface area contributed by atoms with Gasteiger partial charge >= 0.3 is 6.18 Å². The molecule has 2 aromatic rings. The van der Waals surface area contributed by atoms with Crippen molar-refractivity contribution in [2.75, 3.05) is 27.9 Å². The lowest BCUT2D eigenvalue weighted by Gasteiger charge is -2.19. The fourth-order valence-electron chi connectivity index (χ4n) is 2.34. The van der Waals surface area contributed by atoms with Crippen molar-refractivity contribution in [3.63, 3.8) is 0 Å². The maximum Gasteiger partial charge on any atom is 0.416 e. The van der Waals surface area contributed by atoms with Gasteiger partial charge in [-0.1, -0.05) is 6.07 Å². The number of alkyl halides is 3. The zero-order valence-electron chi connectivity index (χ0n) is 15.2. The van der Waals surface area contributed by atoms with E-state index in [-0.39, 0.29) is 24.8 Å². The van der Waals surface area contributed by atoms with Crippen LogP contribution in [0.1, 0.15) is 11.1 Å². The zero-order valence-corrected chi connectivity index (χ0v) is 15.2. The van der Waals surface area contributed by atoms with E-state index in [0.29, 0.717) is 11.5 Å². The molecule has 2 rings (SSSR count). The molecule has 0 saturated carbocycles. The van der Waals surface area contributed by atoms with Crippen LogP contribution in [0.5, 0.6) is 17.2 Å². The molecule has 0 bridgehead atoms. The molecule has 1 amide bonds. The third kappa shape index (κ3) is 5.54. The predicted molar refractivity (Wildman–Crippen MR) is 93.0 cm³/mol. The number of benzene rings is 2. The topological polar surface area (TPSA) is 48.0 Å². The highest BCUT2D eigenvalue weighted by molar-refractivity contribution is 5.77. The van der Waals surface area contributed by atoms with Crippen LogP contribution in [0.2, 0.25) is 0 Å². The van der Waals surface area contributed by atoms with E-state index < -0.39 is 11.7 Å². The lowest BCUT2D eigenvalue weighted by molar-refractivity contribution is -0.137. The first-order valence-corrected chi connectivity index (χ1v) is 7.99. The summed E-state index contributed by atoms with van der Waals surface area (Å²) in [5.41, 5.74) is -0.0722. The molecule has 8 heteroatoms. The molecule has 0 fully saturated rings. The Bertz CT molecular complexity index is 793. The molecule has 0 aliphatic rings. The number of likely N-dealkylation sites (N-methyl/N-ethyl adjacent to an activating group) is 1. The summed E-state index contributed by atoms with van der Waals surface area (Å²) in [5, 5.41) is 0. The van der Waals surface area contributed by atoms with Gasteiger partial charge in [0.25, 0.3) is 5.91 Å². The van der Waals surface area contributed by atoms with E-state index >= 15 is 0 Å². The molecule has 146 valence electrons. The summed E-state index contributed by atoms with van der Waals surface area (Å²) < 4.78 is 53.8. The van der Waals surface area contributed by atoms with Gasteiger partial charge in [-0.25, -0.2) is 0 Å². The number of hydrogen-bond donors (Lipinski definition) is 0. The van der Waals surface area contributed by atoms with E-state index in [1.807, 2.05) is 0 Å². The number of methoxy groups -OCH3 is 2. The first-order valence-electron chi connectivity index (χ1n) is 7.99. The van der Waals surface area contributed by atoms with E-state index in [9.17, 15) is 18.0 Å². The van der Waals surface area contributed by atoms with Gasteiger partial charge in [0.05, 0.1) is 19.8 Å². The van der Waals surface area contributed by atoms with Crippen molar-refractivity contribution >= 4 is 5.91 Å². The Morgan fingerprint density at radius 3 is 2.41 bits per heavy atom. The second kappa shape index (κ2) is 8.66. The summed E-state index contributed by atoms with van der Waals surface area (Å²) in [5.74, 6) is 0.782. The van der Waals surface area contributed by atoms with Crippen molar-refractivity contribution in [3.05, 3.63) is 53.6 Å². The van der Waals surface area contributed by atoms with Crippen LogP contribution >= 0.6 is 0 Å². The molecule has 5 nitrogen and oxygen atoms in total. The second-order valence-electron chi connectivity index (χ2n) is 5.74. The van der Waals surface area contributed by atoms with Crippen LogP contribution in [0.4, 0.5) is 13.2 Å². The number of carbonyl (C=O) groups excluding carboxylic acids is 1. The standard InChI is InChI=1S/C19H20F3NO4/c1-23(11-13-7-8-15(25-2)10-17(13)26-3)18(24)12-27-16-6-4-5-14(9-16)19(20,21)22/h4-10H,11-12H2,1-3H3. The molecule has 0 aromatic heterocycles. The molecule has 0 aliphatic carbocycles.